The van der Waals surface area contributed by atoms with Crippen molar-refractivity contribution < 1.29 is 0 Å². The van der Waals surface area contributed by atoms with Gasteiger partial charge in [0, 0.05) is 17.9 Å². The van der Waals surface area contributed by atoms with E-state index in [4.69, 9.17) is 0 Å². The second-order valence-electron chi connectivity index (χ2n) is 9.35. The zero-order valence-electron chi connectivity index (χ0n) is 12.0. The van der Waals surface area contributed by atoms with Gasteiger partial charge in [-0.05, 0) is 54.8 Å². The Bertz CT molecular complexity index is 865. The van der Waals surface area contributed by atoms with Crippen molar-refractivity contribution >= 4 is 0 Å². The molecule has 6 saturated carbocycles. The minimum atomic E-state index is -0.0497. The van der Waals surface area contributed by atoms with Crippen LogP contribution in [0.4, 0.5) is 0 Å². The average molecular weight is 283 g/mol. The highest BCUT2D eigenvalue weighted by Crippen LogP contribution is 3.08. The molecular weight excluding hydrogens is 266 g/mol. The highest BCUT2D eigenvalue weighted by Gasteiger charge is 3.05. The summed E-state index contributed by atoms with van der Waals surface area (Å²) in [4.78, 5) is 25.3. The van der Waals surface area contributed by atoms with E-state index in [0.29, 0.717) is 28.3 Å². The molecule has 2 unspecified atom stereocenters. The van der Waals surface area contributed by atoms with Gasteiger partial charge in [-0.1, -0.05) is 0 Å². The Hall–Kier alpha value is -1.26. The molecule has 6 aliphatic carbocycles. The lowest BCUT2D eigenvalue weighted by Gasteiger charge is -2.45. The summed E-state index contributed by atoms with van der Waals surface area (Å²) in [6.45, 7) is 0. The van der Waals surface area contributed by atoms with Gasteiger partial charge in [-0.15, -0.1) is 0 Å². The van der Waals surface area contributed by atoms with E-state index in [0.717, 1.165) is 23.7 Å². The number of hydrogen-bond donors (Lipinski definition) is 0. The zero-order valence-corrected chi connectivity index (χ0v) is 12.0. The first-order chi connectivity index (χ1) is 10.1. The Morgan fingerprint density at radius 2 is 1.43 bits per heavy atom. The highest BCUT2D eigenvalue weighted by atomic mass is 16.2. The molecule has 8 aliphatic rings. The molecule has 9 rings (SSSR count). The van der Waals surface area contributed by atoms with Crippen LogP contribution < -0.4 is 11.4 Å². The van der Waals surface area contributed by atoms with Crippen molar-refractivity contribution in [1.29, 1.82) is 0 Å². The molecule has 0 saturated heterocycles. The number of nitrogens with zero attached hydrogens (tertiary/aromatic N) is 3. The van der Waals surface area contributed by atoms with Crippen LogP contribution in [0.1, 0.15) is 37.8 Å². The van der Waals surface area contributed by atoms with Crippen LogP contribution >= 0.6 is 0 Å². The van der Waals surface area contributed by atoms with Gasteiger partial charge in [0.05, 0.1) is 12.1 Å². The standard InChI is InChI=1S/C16H17N3O2/c1-17-12(20)18-10-7-6-8(7)11(19(18)13(17)21)16-5-14(2-3-14)4-15(10,16)9(6)16/h6-11H,2-5H2,1H3/t6?,7-,8-,9?,10+,11+,15-,16+/m0/s1. The Labute approximate surface area is 120 Å². The van der Waals surface area contributed by atoms with E-state index >= 15 is 0 Å². The molecule has 1 aromatic heterocycles. The maximum Gasteiger partial charge on any atom is 0.347 e. The van der Waals surface area contributed by atoms with E-state index in [9.17, 15) is 9.59 Å². The van der Waals surface area contributed by atoms with Gasteiger partial charge in [0.25, 0.3) is 0 Å². The monoisotopic (exact) mass is 283 g/mol. The molecule has 5 nitrogen and oxygen atoms in total. The maximum absolute atomic E-state index is 12.6. The quantitative estimate of drug-likeness (QED) is 0.696. The summed E-state index contributed by atoms with van der Waals surface area (Å²) in [5.74, 6) is 3.23. The molecule has 3 heterocycles. The van der Waals surface area contributed by atoms with Gasteiger partial charge >= 0.3 is 11.4 Å². The molecule has 0 N–H and O–H groups in total. The molecular formula is C16H17N3O2. The van der Waals surface area contributed by atoms with E-state index < -0.39 is 0 Å². The summed E-state index contributed by atoms with van der Waals surface area (Å²) in [5.41, 5.74) is 1.41. The first kappa shape index (κ1) is 9.70. The minimum Gasteiger partial charge on any atom is -0.246 e. The molecule has 2 bridgehead atoms. The lowest BCUT2D eigenvalue weighted by Crippen LogP contribution is -2.51. The lowest BCUT2D eigenvalue weighted by atomic mass is 9.73. The molecule has 1 aromatic rings. The summed E-state index contributed by atoms with van der Waals surface area (Å²) >= 11 is 0. The van der Waals surface area contributed by atoms with E-state index in [1.54, 1.807) is 7.05 Å². The fourth-order valence-electron chi connectivity index (χ4n) is 9.08. The maximum atomic E-state index is 12.6. The third-order valence-corrected chi connectivity index (χ3v) is 9.27. The SMILES string of the molecule is Cn1c(=O)n2n(c1=O)[C@@H]1[C@H]3C4C5[C@@]6(CC7(CC7)C[C@@]516)[C@H]2[C@@H]43. The summed E-state index contributed by atoms with van der Waals surface area (Å²) in [6, 6.07) is 0.757. The third kappa shape index (κ3) is 0.561. The van der Waals surface area contributed by atoms with Gasteiger partial charge in [-0.3, -0.25) is 0 Å². The van der Waals surface area contributed by atoms with E-state index in [1.807, 2.05) is 9.36 Å². The summed E-state index contributed by atoms with van der Waals surface area (Å²) in [6.07, 6.45) is 5.57. The Balaban J connectivity index is 1.55. The molecule has 0 radical (unpaired) electrons. The Morgan fingerprint density at radius 1 is 0.905 bits per heavy atom. The second-order valence-corrected chi connectivity index (χ2v) is 9.35. The Kier molecular flexibility index (Phi) is 0.943. The number of hydrogen-bond acceptors (Lipinski definition) is 2. The second kappa shape index (κ2) is 2.04. The molecule has 2 aliphatic heterocycles. The molecule has 0 aromatic carbocycles. The van der Waals surface area contributed by atoms with Gasteiger partial charge < -0.3 is 0 Å². The van der Waals surface area contributed by atoms with Gasteiger partial charge in [0.1, 0.15) is 0 Å². The van der Waals surface area contributed by atoms with Crippen LogP contribution in [-0.4, -0.2) is 13.9 Å². The molecule has 21 heavy (non-hydrogen) atoms. The van der Waals surface area contributed by atoms with Crippen molar-refractivity contribution in [2.24, 2.45) is 47.0 Å². The van der Waals surface area contributed by atoms with Crippen molar-refractivity contribution in [2.45, 2.75) is 37.8 Å². The fourth-order valence-corrected chi connectivity index (χ4v) is 9.08. The third-order valence-electron chi connectivity index (χ3n) is 9.27. The summed E-state index contributed by atoms with van der Waals surface area (Å²) < 4.78 is 5.21. The highest BCUT2D eigenvalue weighted by molar-refractivity contribution is 5.52. The largest absolute Gasteiger partial charge is 0.347 e. The molecule has 108 valence electrons. The van der Waals surface area contributed by atoms with Crippen molar-refractivity contribution in [3.63, 3.8) is 0 Å². The predicted octanol–water partition coefficient (Wildman–Crippen LogP) is 0.510. The zero-order chi connectivity index (χ0) is 13.7. The summed E-state index contributed by atoms with van der Waals surface area (Å²) in [5, 5.41) is 0. The lowest BCUT2D eigenvalue weighted by molar-refractivity contribution is 0.0178. The van der Waals surface area contributed by atoms with Crippen LogP contribution in [0.25, 0.3) is 0 Å². The van der Waals surface area contributed by atoms with Crippen LogP contribution in [0.2, 0.25) is 0 Å². The average Bonchev–Trinajstić information content (AvgIpc) is 3.34. The van der Waals surface area contributed by atoms with E-state index in [2.05, 4.69) is 0 Å². The van der Waals surface area contributed by atoms with Crippen LogP contribution in [0.5, 0.6) is 0 Å². The minimum absolute atomic E-state index is 0.0497. The van der Waals surface area contributed by atoms with Crippen molar-refractivity contribution in [1.82, 2.24) is 13.9 Å². The molecule has 0 amide bonds. The van der Waals surface area contributed by atoms with Gasteiger partial charge in [-0.2, -0.15) is 0 Å². The smallest absolute Gasteiger partial charge is 0.246 e. The number of rotatable bonds is 0. The van der Waals surface area contributed by atoms with Crippen LogP contribution in [0, 0.1) is 39.9 Å². The normalized spacial score (nSPS) is 62.9. The van der Waals surface area contributed by atoms with Crippen LogP contribution in [0.15, 0.2) is 9.59 Å². The van der Waals surface area contributed by atoms with E-state index in [-0.39, 0.29) is 11.4 Å². The van der Waals surface area contributed by atoms with Gasteiger partial charge in [0.2, 0.25) is 0 Å². The van der Waals surface area contributed by atoms with Crippen molar-refractivity contribution in [2.75, 3.05) is 0 Å². The van der Waals surface area contributed by atoms with Gasteiger partial charge in [0.15, 0.2) is 0 Å². The fraction of sp³-hybridized carbons (Fsp3) is 0.875. The van der Waals surface area contributed by atoms with Crippen LogP contribution in [-0.2, 0) is 7.05 Å². The van der Waals surface area contributed by atoms with E-state index in [1.165, 1.54) is 30.3 Å². The molecule has 5 heteroatoms. The summed E-state index contributed by atoms with van der Waals surface area (Å²) in [7, 11) is 1.65. The van der Waals surface area contributed by atoms with Crippen molar-refractivity contribution in [3.8, 4) is 0 Å². The van der Waals surface area contributed by atoms with Crippen LogP contribution in [0.3, 0.4) is 0 Å². The number of aromatic nitrogens is 3. The van der Waals surface area contributed by atoms with Gasteiger partial charge in [-0.25, -0.2) is 23.5 Å². The molecule has 3 spiro atoms. The topological polar surface area (TPSA) is 48.9 Å². The van der Waals surface area contributed by atoms with Crippen molar-refractivity contribution in [3.05, 3.63) is 21.0 Å². The first-order valence-corrected chi connectivity index (χ1v) is 8.49. The Morgan fingerprint density at radius 3 is 1.90 bits per heavy atom. The first-order valence-electron chi connectivity index (χ1n) is 8.49. The molecule has 8 atom stereocenters. The predicted molar refractivity (Wildman–Crippen MR) is 71.7 cm³/mol. The molecule has 6 fully saturated rings.